The van der Waals surface area contributed by atoms with Gasteiger partial charge in [0.1, 0.15) is 17.8 Å². The highest BCUT2D eigenvalue weighted by molar-refractivity contribution is 5.93. The van der Waals surface area contributed by atoms with Crippen LogP contribution >= 0.6 is 0 Å². The first-order chi connectivity index (χ1) is 11.9. The molecule has 7 nitrogen and oxygen atoms in total. The van der Waals surface area contributed by atoms with E-state index < -0.39 is 0 Å². The van der Waals surface area contributed by atoms with Gasteiger partial charge in [0.25, 0.3) is 5.91 Å². The molecule has 0 saturated carbocycles. The van der Waals surface area contributed by atoms with Gasteiger partial charge in [-0.2, -0.15) is 5.10 Å². The molecule has 0 radical (unpaired) electrons. The van der Waals surface area contributed by atoms with Gasteiger partial charge in [-0.25, -0.2) is 9.97 Å². The second-order valence-electron chi connectivity index (χ2n) is 7.34. The van der Waals surface area contributed by atoms with E-state index in [1.54, 1.807) is 11.0 Å². The van der Waals surface area contributed by atoms with Gasteiger partial charge in [0.05, 0.1) is 5.69 Å². The fraction of sp³-hybridized carbons (Fsp3) is 0.556. The van der Waals surface area contributed by atoms with Crippen LogP contribution in [-0.2, 0) is 7.05 Å². The summed E-state index contributed by atoms with van der Waals surface area (Å²) < 4.78 is 1.69. The molecule has 0 bridgehead atoms. The molecule has 2 aromatic heterocycles. The Morgan fingerprint density at radius 1 is 1.08 bits per heavy atom. The molecule has 0 N–H and O–H groups in total. The summed E-state index contributed by atoms with van der Waals surface area (Å²) in [6, 6.07) is 1.87. The molecule has 25 heavy (non-hydrogen) atoms. The van der Waals surface area contributed by atoms with Crippen LogP contribution in [0.25, 0.3) is 0 Å². The number of hydrogen-bond donors (Lipinski definition) is 0. The molecule has 2 unspecified atom stereocenters. The molecule has 4 heterocycles. The number of fused-ring (bicyclic) bond motifs is 1. The van der Waals surface area contributed by atoms with Crippen LogP contribution in [-0.4, -0.2) is 56.7 Å². The summed E-state index contributed by atoms with van der Waals surface area (Å²) in [6.45, 7) is 9.55. The Morgan fingerprint density at radius 3 is 2.36 bits per heavy atom. The molecule has 2 aliphatic rings. The fourth-order valence-corrected chi connectivity index (χ4v) is 4.15. The van der Waals surface area contributed by atoms with Gasteiger partial charge in [-0.05, 0) is 26.8 Å². The zero-order chi connectivity index (χ0) is 17.7. The van der Waals surface area contributed by atoms with Gasteiger partial charge in [-0.1, -0.05) is 0 Å². The topological polar surface area (TPSA) is 67.2 Å². The molecule has 0 spiro atoms. The summed E-state index contributed by atoms with van der Waals surface area (Å²) in [5, 5.41) is 4.29. The van der Waals surface area contributed by atoms with Crippen molar-refractivity contribution in [1.29, 1.82) is 0 Å². The largest absolute Gasteiger partial charge is 0.356 e. The second kappa shape index (κ2) is 5.82. The van der Waals surface area contributed by atoms with Crippen molar-refractivity contribution in [2.75, 3.05) is 31.1 Å². The highest BCUT2D eigenvalue weighted by atomic mass is 16.2. The van der Waals surface area contributed by atoms with Crippen LogP contribution in [0.5, 0.6) is 0 Å². The molecule has 2 aromatic rings. The van der Waals surface area contributed by atoms with Crippen molar-refractivity contribution in [2.45, 2.75) is 20.8 Å². The summed E-state index contributed by atoms with van der Waals surface area (Å²) in [4.78, 5) is 25.9. The molecule has 0 aromatic carbocycles. The Hall–Kier alpha value is -2.44. The summed E-state index contributed by atoms with van der Waals surface area (Å²) in [5.74, 6) is 2.15. The van der Waals surface area contributed by atoms with E-state index in [1.807, 2.05) is 31.9 Å². The zero-order valence-electron chi connectivity index (χ0n) is 15.2. The van der Waals surface area contributed by atoms with Gasteiger partial charge < -0.3 is 9.80 Å². The molecule has 2 aliphatic heterocycles. The van der Waals surface area contributed by atoms with Crippen molar-refractivity contribution < 1.29 is 4.79 Å². The van der Waals surface area contributed by atoms with Crippen molar-refractivity contribution in [2.24, 2.45) is 18.9 Å². The van der Waals surface area contributed by atoms with Gasteiger partial charge >= 0.3 is 0 Å². The average molecular weight is 340 g/mol. The van der Waals surface area contributed by atoms with Crippen LogP contribution in [0, 0.1) is 32.6 Å². The highest BCUT2D eigenvalue weighted by Gasteiger charge is 2.42. The van der Waals surface area contributed by atoms with Gasteiger partial charge in [0, 0.05) is 56.3 Å². The first-order valence-corrected chi connectivity index (χ1v) is 8.77. The van der Waals surface area contributed by atoms with Crippen LogP contribution in [0.2, 0.25) is 0 Å². The molecule has 1 amide bonds. The number of likely N-dealkylation sites (tertiary alicyclic amines) is 1. The number of aromatic nitrogens is 4. The zero-order valence-corrected chi connectivity index (χ0v) is 15.2. The van der Waals surface area contributed by atoms with Crippen LogP contribution in [0.4, 0.5) is 5.82 Å². The first-order valence-electron chi connectivity index (χ1n) is 8.77. The smallest absolute Gasteiger partial charge is 0.272 e. The Bertz CT molecular complexity index is 815. The third-order valence-electron chi connectivity index (χ3n) is 5.60. The Kier molecular flexibility index (Phi) is 3.74. The Labute approximate surface area is 147 Å². The van der Waals surface area contributed by atoms with Crippen LogP contribution in [0.3, 0.4) is 0 Å². The first kappa shape index (κ1) is 16.1. The maximum atomic E-state index is 12.8. The third-order valence-corrected chi connectivity index (χ3v) is 5.60. The van der Waals surface area contributed by atoms with E-state index in [0.29, 0.717) is 17.5 Å². The number of nitrogens with zero attached hydrogens (tertiary/aromatic N) is 6. The molecular formula is C18H24N6O. The number of rotatable bonds is 2. The van der Waals surface area contributed by atoms with Crippen molar-refractivity contribution in [1.82, 2.24) is 24.6 Å². The molecule has 4 rings (SSSR count). The van der Waals surface area contributed by atoms with Gasteiger partial charge in [0.15, 0.2) is 0 Å². The number of hydrogen-bond acceptors (Lipinski definition) is 5. The van der Waals surface area contributed by atoms with Crippen molar-refractivity contribution >= 4 is 11.7 Å². The number of carbonyl (C=O) groups is 1. The number of anilines is 1. The minimum atomic E-state index is 0.0955. The van der Waals surface area contributed by atoms with E-state index >= 15 is 0 Å². The average Bonchev–Trinajstić information content (AvgIpc) is 3.22. The minimum Gasteiger partial charge on any atom is -0.356 e. The maximum absolute atomic E-state index is 12.8. The predicted octanol–water partition coefficient (Wildman–Crippen LogP) is 1.34. The molecule has 0 aliphatic carbocycles. The van der Waals surface area contributed by atoms with E-state index in [2.05, 4.69) is 26.9 Å². The summed E-state index contributed by atoms with van der Waals surface area (Å²) >= 11 is 0. The summed E-state index contributed by atoms with van der Waals surface area (Å²) in [5.41, 5.74) is 3.74. The number of amides is 1. The van der Waals surface area contributed by atoms with Crippen molar-refractivity contribution in [3.63, 3.8) is 0 Å². The van der Waals surface area contributed by atoms with Crippen LogP contribution in [0.1, 0.15) is 27.4 Å². The van der Waals surface area contributed by atoms with E-state index in [9.17, 15) is 4.79 Å². The van der Waals surface area contributed by atoms with Gasteiger partial charge in [-0.3, -0.25) is 9.48 Å². The van der Waals surface area contributed by atoms with Gasteiger partial charge in [-0.15, -0.1) is 0 Å². The van der Waals surface area contributed by atoms with Crippen LogP contribution < -0.4 is 4.90 Å². The predicted molar refractivity (Wildman–Crippen MR) is 94.5 cm³/mol. The molecule has 132 valence electrons. The lowest BCUT2D eigenvalue weighted by atomic mass is 10.0. The number of carbonyl (C=O) groups excluding carboxylic acids is 1. The lowest BCUT2D eigenvalue weighted by molar-refractivity contribution is 0.0771. The lowest BCUT2D eigenvalue weighted by Gasteiger charge is -2.23. The molecule has 2 atom stereocenters. The Morgan fingerprint density at radius 2 is 1.76 bits per heavy atom. The number of aryl methyl sites for hydroxylation is 3. The van der Waals surface area contributed by atoms with E-state index in [-0.39, 0.29) is 5.91 Å². The van der Waals surface area contributed by atoms with E-state index in [4.69, 9.17) is 0 Å². The molecule has 2 fully saturated rings. The summed E-state index contributed by atoms with van der Waals surface area (Å²) in [6.07, 6.45) is 1.65. The molecule has 7 heteroatoms. The Balaban J connectivity index is 1.46. The van der Waals surface area contributed by atoms with Crippen molar-refractivity contribution in [3.05, 3.63) is 35.0 Å². The van der Waals surface area contributed by atoms with E-state index in [1.165, 1.54) is 0 Å². The fourth-order valence-electron chi connectivity index (χ4n) is 4.15. The highest BCUT2D eigenvalue weighted by Crippen LogP contribution is 2.35. The quantitative estimate of drug-likeness (QED) is 0.825. The van der Waals surface area contributed by atoms with Crippen molar-refractivity contribution in [3.8, 4) is 0 Å². The normalized spacial score (nSPS) is 22.6. The van der Waals surface area contributed by atoms with Gasteiger partial charge in [0.2, 0.25) is 0 Å². The summed E-state index contributed by atoms with van der Waals surface area (Å²) in [7, 11) is 1.83. The van der Waals surface area contributed by atoms with E-state index in [0.717, 1.165) is 48.9 Å². The SMILES string of the molecule is Cc1cc(C(=O)N2CC3CN(c4ncnc(C)c4C)CC3C2)n(C)n1. The maximum Gasteiger partial charge on any atom is 0.272 e. The monoisotopic (exact) mass is 340 g/mol. The molecule has 2 saturated heterocycles. The standard InChI is InChI=1S/C18H24N6O/c1-11-5-16(22(4)21-11)18(25)24-8-14-6-23(7-15(14)9-24)17-12(2)13(3)19-10-20-17/h5,10,14-15H,6-9H2,1-4H3. The molecular weight excluding hydrogens is 316 g/mol. The second-order valence-corrected chi connectivity index (χ2v) is 7.34. The third kappa shape index (κ3) is 2.67. The minimum absolute atomic E-state index is 0.0955. The lowest BCUT2D eigenvalue weighted by Crippen LogP contribution is -2.34. The van der Waals surface area contributed by atoms with Crippen LogP contribution in [0.15, 0.2) is 12.4 Å².